The van der Waals surface area contributed by atoms with Gasteiger partial charge < -0.3 is 5.32 Å². The third-order valence-electron chi connectivity index (χ3n) is 3.45. The van der Waals surface area contributed by atoms with Crippen molar-refractivity contribution in [2.75, 3.05) is 17.3 Å². The fourth-order valence-electron chi connectivity index (χ4n) is 2.16. The van der Waals surface area contributed by atoms with E-state index >= 15 is 0 Å². The predicted molar refractivity (Wildman–Crippen MR) is 109 cm³/mol. The highest BCUT2D eigenvalue weighted by Crippen LogP contribution is 2.25. The minimum absolute atomic E-state index is 0.0361. The molecule has 1 amide bonds. The summed E-state index contributed by atoms with van der Waals surface area (Å²) in [6, 6.07) is 12.1. The van der Waals surface area contributed by atoms with Gasteiger partial charge in [-0.15, -0.1) is 0 Å². The molecule has 26 heavy (non-hydrogen) atoms. The maximum atomic E-state index is 12.7. The fourth-order valence-corrected chi connectivity index (χ4v) is 4.63. The molecule has 2 N–H and O–H groups in total. The van der Waals surface area contributed by atoms with Crippen LogP contribution >= 0.6 is 35.0 Å². The van der Waals surface area contributed by atoms with E-state index in [1.807, 2.05) is 12.3 Å². The van der Waals surface area contributed by atoms with E-state index in [1.54, 1.807) is 24.3 Å². The summed E-state index contributed by atoms with van der Waals surface area (Å²) in [5, 5.41) is 2.99. The number of thioether (sulfide) groups is 1. The number of amides is 1. The van der Waals surface area contributed by atoms with Crippen LogP contribution in [0.2, 0.25) is 10.0 Å². The summed E-state index contributed by atoms with van der Waals surface area (Å²) in [4.78, 5) is 12.4. The van der Waals surface area contributed by atoms with Crippen molar-refractivity contribution in [1.29, 1.82) is 0 Å². The van der Waals surface area contributed by atoms with E-state index in [2.05, 4.69) is 10.0 Å². The number of nitrogens with one attached hydrogen (secondary N) is 2. The van der Waals surface area contributed by atoms with Gasteiger partial charge in [0.2, 0.25) is 15.9 Å². The number of hydrogen-bond donors (Lipinski definition) is 2. The van der Waals surface area contributed by atoms with Crippen LogP contribution in [0.15, 0.2) is 53.4 Å². The number of sulfonamides is 1. The molecule has 5 nitrogen and oxygen atoms in total. The normalized spacial score (nSPS) is 12.6. The summed E-state index contributed by atoms with van der Waals surface area (Å²) < 4.78 is 27.8. The highest BCUT2D eigenvalue weighted by molar-refractivity contribution is 7.98. The topological polar surface area (TPSA) is 75.3 Å². The van der Waals surface area contributed by atoms with Gasteiger partial charge in [0.15, 0.2) is 0 Å². The zero-order valence-corrected chi connectivity index (χ0v) is 17.1. The van der Waals surface area contributed by atoms with Crippen molar-refractivity contribution in [1.82, 2.24) is 4.72 Å². The van der Waals surface area contributed by atoms with Gasteiger partial charge in [-0.1, -0.05) is 41.4 Å². The van der Waals surface area contributed by atoms with Gasteiger partial charge in [0.05, 0.1) is 5.02 Å². The van der Waals surface area contributed by atoms with Crippen LogP contribution in [0, 0.1) is 0 Å². The lowest BCUT2D eigenvalue weighted by molar-refractivity contribution is -0.117. The van der Waals surface area contributed by atoms with E-state index in [1.165, 1.54) is 30.0 Å². The smallest absolute Gasteiger partial charge is 0.242 e. The summed E-state index contributed by atoms with van der Waals surface area (Å²) in [6.45, 7) is 0. The zero-order valence-electron chi connectivity index (χ0n) is 13.9. The summed E-state index contributed by atoms with van der Waals surface area (Å²) in [6.07, 6.45) is 2.21. The molecule has 0 spiro atoms. The van der Waals surface area contributed by atoms with Crippen molar-refractivity contribution in [2.45, 2.75) is 17.4 Å². The van der Waals surface area contributed by atoms with E-state index in [4.69, 9.17) is 23.2 Å². The van der Waals surface area contributed by atoms with Crippen molar-refractivity contribution in [3.8, 4) is 0 Å². The molecule has 2 aromatic rings. The first-order chi connectivity index (χ1) is 12.3. The molecule has 2 aromatic carbocycles. The number of anilines is 1. The molecule has 9 heteroatoms. The molecule has 0 aliphatic heterocycles. The Bertz CT molecular complexity index is 862. The molecule has 0 fully saturated rings. The van der Waals surface area contributed by atoms with Gasteiger partial charge in [0.1, 0.15) is 10.9 Å². The maximum absolute atomic E-state index is 12.7. The van der Waals surface area contributed by atoms with Crippen molar-refractivity contribution in [2.24, 2.45) is 0 Å². The number of hydrogen-bond acceptors (Lipinski definition) is 4. The largest absolute Gasteiger partial charge is 0.325 e. The van der Waals surface area contributed by atoms with Gasteiger partial charge in [0.25, 0.3) is 0 Å². The van der Waals surface area contributed by atoms with Gasteiger partial charge >= 0.3 is 0 Å². The molecule has 0 saturated carbocycles. The molecule has 2 rings (SSSR count). The molecule has 0 unspecified atom stereocenters. The number of para-hydroxylation sites is 1. The van der Waals surface area contributed by atoms with Gasteiger partial charge in [-0.25, -0.2) is 8.42 Å². The highest BCUT2D eigenvalue weighted by atomic mass is 35.5. The average Bonchev–Trinajstić information content (AvgIpc) is 2.61. The van der Waals surface area contributed by atoms with Crippen molar-refractivity contribution >= 4 is 56.6 Å². The molecule has 0 saturated heterocycles. The van der Waals surface area contributed by atoms with Gasteiger partial charge in [-0.3, -0.25) is 4.79 Å². The van der Waals surface area contributed by atoms with Crippen LogP contribution in [0.25, 0.3) is 0 Å². The van der Waals surface area contributed by atoms with Crippen LogP contribution < -0.4 is 10.0 Å². The van der Waals surface area contributed by atoms with E-state index < -0.39 is 22.0 Å². The van der Waals surface area contributed by atoms with Crippen LogP contribution in [0.4, 0.5) is 5.69 Å². The third kappa shape index (κ3) is 5.89. The molecule has 0 heterocycles. The second kappa shape index (κ2) is 9.62. The zero-order chi connectivity index (χ0) is 19.2. The maximum Gasteiger partial charge on any atom is 0.242 e. The van der Waals surface area contributed by atoms with Gasteiger partial charge in [0, 0.05) is 10.7 Å². The van der Waals surface area contributed by atoms with Crippen LogP contribution in [0.5, 0.6) is 0 Å². The van der Waals surface area contributed by atoms with Gasteiger partial charge in [-0.2, -0.15) is 16.5 Å². The molecule has 1 atom stereocenters. The van der Waals surface area contributed by atoms with Crippen molar-refractivity contribution in [3.05, 3.63) is 58.6 Å². The highest BCUT2D eigenvalue weighted by Gasteiger charge is 2.27. The van der Waals surface area contributed by atoms with E-state index in [9.17, 15) is 13.2 Å². The lowest BCUT2D eigenvalue weighted by Gasteiger charge is -2.19. The molecular formula is C17H18Cl2N2O3S2. The minimum Gasteiger partial charge on any atom is -0.325 e. The Kier molecular flexibility index (Phi) is 7.79. The summed E-state index contributed by atoms with van der Waals surface area (Å²) in [5.41, 5.74) is 0.589. The number of carbonyl (C=O) groups is 1. The first-order valence-corrected chi connectivity index (χ1v) is 11.3. The van der Waals surface area contributed by atoms with Crippen molar-refractivity contribution in [3.63, 3.8) is 0 Å². The summed E-state index contributed by atoms with van der Waals surface area (Å²) in [7, 11) is -4.02. The van der Waals surface area contributed by atoms with Crippen LogP contribution in [0.3, 0.4) is 0 Å². The lowest BCUT2D eigenvalue weighted by atomic mass is 10.2. The number of rotatable bonds is 8. The SMILES string of the molecule is CSCC[C@@H](NS(=O)(=O)c1cc(Cl)ccc1Cl)C(=O)Nc1ccccc1. The Hall–Kier alpha value is -1.25. The molecular weight excluding hydrogens is 415 g/mol. The van der Waals surface area contributed by atoms with E-state index in [0.717, 1.165) is 0 Å². The van der Waals surface area contributed by atoms with E-state index in [0.29, 0.717) is 17.9 Å². The standard InChI is InChI=1S/C17H18Cl2N2O3S2/c1-25-10-9-15(17(22)20-13-5-3-2-4-6-13)21-26(23,24)16-11-12(18)7-8-14(16)19/h2-8,11,15,21H,9-10H2,1H3,(H,20,22)/t15-/m1/s1. The van der Waals surface area contributed by atoms with Crippen molar-refractivity contribution < 1.29 is 13.2 Å². The Morgan fingerprint density at radius 2 is 1.85 bits per heavy atom. The summed E-state index contributed by atoms with van der Waals surface area (Å²) in [5.74, 6) is 0.172. The lowest BCUT2D eigenvalue weighted by Crippen LogP contribution is -2.44. The average molecular weight is 433 g/mol. The predicted octanol–water partition coefficient (Wildman–Crippen LogP) is 4.03. The van der Waals surface area contributed by atoms with Gasteiger partial charge in [-0.05, 0) is 48.8 Å². The third-order valence-corrected chi connectivity index (χ3v) is 6.28. The number of carbonyl (C=O) groups excluding carboxylic acids is 1. The quantitative estimate of drug-likeness (QED) is 0.659. The van der Waals surface area contributed by atoms with E-state index in [-0.39, 0.29) is 14.9 Å². The molecule has 0 aliphatic rings. The Labute approximate surface area is 167 Å². The van der Waals surface area contributed by atoms with Crippen LogP contribution in [-0.4, -0.2) is 32.4 Å². The van der Waals surface area contributed by atoms with Crippen LogP contribution in [-0.2, 0) is 14.8 Å². The Balaban J connectivity index is 2.23. The number of halogens is 2. The molecule has 0 aromatic heterocycles. The minimum atomic E-state index is -4.02. The second-order valence-electron chi connectivity index (χ2n) is 5.39. The first kappa shape index (κ1) is 21.1. The Morgan fingerprint density at radius 3 is 2.50 bits per heavy atom. The first-order valence-electron chi connectivity index (χ1n) is 7.65. The molecule has 140 valence electrons. The summed E-state index contributed by atoms with van der Waals surface area (Å²) >= 11 is 13.4. The molecule has 0 bridgehead atoms. The monoisotopic (exact) mass is 432 g/mol. The molecule has 0 radical (unpaired) electrons. The number of benzene rings is 2. The fraction of sp³-hybridized carbons (Fsp3) is 0.235. The second-order valence-corrected chi connectivity index (χ2v) is 8.90. The Morgan fingerprint density at radius 1 is 1.15 bits per heavy atom. The van der Waals surface area contributed by atoms with Crippen LogP contribution in [0.1, 0.15) is 6.42 Å². The molecule has 0 aliphatic carbocycles.